The first-order chi connectivity index (χ1) is 9.12. The van der Waals surface area contributed by atoms with Crippen molar-refractivity contribution in [2.75, 3.05) is 13.6 Å². The van der Waals surface area contributed by atoms with Gasteiger partial charge in [0.2, 0.25) is 5.91 Å². The molecule has 1 unspecified atom stereocenters. The van der Waals surface area contributed by atoms with Gasteiger partial charge in [0.05, 0.1) is 5.92 Å². The largest absolute Gasteiger partial charge is 0.341 e. The van der Waals surface area contributed by atoms with E-state index in [0.29, 0.717) is 13.1 Å². The summed E-state index contributed by atoms with van der Waals surface area (Å²) in [5, 5.41) is 0. The van der Waals surface area contributed by atoms with E-state index in [4.69, 9.17) is 5.73 Å². The van der Waals surface area contributed by atoms with Crippen LogP contribution in [-0.2, 0) is 17.8 Å². The molecule has 0 aromatic heterocycles. The van der Waals surface area contributed by atoms with Crippen LogP contribution in [0.2, 0.25) is 0 Å². The fraction of sp³-hybridized carbons (Fsp3) is 0.562. The summed E-state index contributed by atoms with van der Waals surface area (Å²) < 4.78 is 0. The van der Waals surface area contributed by atoms with Crippen molar-refractivity contribution in [2.24, 2.45) is 11.7 Å². The van der Waals surface area contributed by atoms with Gasteiger partial charge in [0.1, 0.15) is 0 Å². The summed E-state index contributed by atoms with van der Waals surface area (Å²) in [6.45, 7) is 5.31. The lowest BCUT2D eigenvalue weighted by Crippen LogP contribution is -2.36. The molecule has 0 aliphatic heterocycles. The summed E-state index contributed by atoms with van der Waals surface area (Å²) in [5.74, 6) is 0.119. The first-order valence-corrected chi connectivity index (χ1v) is 7.15. The first-order valence-electron chi connectivity index (χ1n) is 7.15. The van der Waals surface area contributed by atoms with Gasteiger partial charge >= 0.3 is 0 Å². The van der Waals surface area contributed by atoms with E-state index in [9.17, 15) is 4.79 Å². The van der Waals surface area contributed by atoms with Crippen LogP contribution in [0.4, 0.5) is 0 Å². The monoisotopic (exact) mass is 262 g/mol. The molecule has 1 atom stereocenters. The number of hydrogen-bond donors (Lipinski definition) is 1. The fourth-order valence-corrected chi connectivity index (χ4v) is 2.23. The normalized spacial score (nSPS) is 12.2. The highest BCUT2D eigenvalue weighted by Crippen LogP contribution is 2.12. The van der Waals surface area contributed by atoms with E-state index in [0.717, 1.165) is 19.3 Å². The molecule has 0 fully saturated rings. The average Bonchev–Trinajstić information content (AvgIpc) is 2.44. The first kappa shape index (κ1) is 15.7. The third-order valence-electron chi connectivity index (χ3n) is 3.50. The van der Waals surface area contributed by atoms with Crippen LogP contribution in [-0.4, -0.2) is 24.4 Å². The topological polar surface area (TPSA) is 46.3 Å². The lowest BCUT2D eigenvalue weighted by Gasteiger charge is -2.23. The van der Waals surface area contributed by atoms with Crippen molar-refractivity contribution in [3.05, 3.63) is 35.4 Å². The molecule has 1 rings (SSSR count). The van der Waals surface area contributed by atoms with Crippen LogP contribution in [0, 0.1) is 5.92 Å². The highest BCUT2D eigenvalue weighted by molar-refractivity contribution is 5.78. The molecule has 0 saturated carbocycles. The minimum atomic E-state index is -0.0371. The van der Waals surface area contributed by atoms with E-state index >= 15 is 0 Å². The molecular formula is C16H26N2O. The second-order valence-electron chi connectivity index (χ2n) is 5.09. The van der Waals surface area contributed by atoms with Crippen molar-refractivity contribution in [3.63, 3.8) is 0 Å². The Kier molecular flexibility index (Phi) is 6.57. The molecule has 19 heavy (non-hydrogen) atoms. The number of rotatable bonds is 7. The summed E-state index contributed by atoms with van der Waals surface area (Å²) in [6.07, 6.45) is 2.90. The maximum Gasteiger partial charge on any atom is 0.226 e. The van der Waals surface area contributed by atoms with Crippen molar-refractivity contribution in [1.82, 2.24) is 4.90 Å². The zero-order chi connectivity index (χ0) is 14.3. The Morgan fingerprint density at radius 2 is 1.79 bits per heavy atom. The van der Waals surface area contributed by atoms with E-state index < -0.39 is 0 Å². The molecule has 0 spiro atoms. The Morgan fingerprint density at radius 1 is 1.21 bits per heavy atom. The van der Waals surface area contributed by atoms with Gasteiger partial charge in [-0.25, -0.2) is 0 Å². The van der Waals surface area contributed by atoms with Crippen LogP contribution >= 0.6 is 0 Å². The smallest absolute Gasteiger partial charge is 0.226 e. The van der Waals surface area contributed by atoms with Gasteiger partial charge in [-0.05, 0) is 24.0 Å². The molecule has 106 valence electrons. The summed E-state index contributed by atoms with van der Waals surface area (Å²) in [6, 6.07) is 8.44. The number of hydrogen-bond acceptors (Lipinski definition) is 2. The van der Waals surface area contributed by atoms with Crippen LogP contribution in [0.25, 0.3) is 0 Å². The number of aryl methyl sites for hydroxylation is 1. The minimum Gasteiger partial charge on any atom is -0.341 e. The zero-order valence-corrected chi connectivity index (χ0v) is 12.4. The van der Waals surface area contributed by atoms with Crippen molar-refractivity contribution >= 4 is 5.91 Å². The van der Waals surface area contributed by atoms with E-state index in [-0.39, 0.29) is 11.8 Å². The van der Waals surface area contributed by atoms with Gasteiger partial charge in [0.15, 0.2) is 0 Å². The molecule has 0 heterocycles. The van der Waals surface area contributed by atoms with Gasteiger partial charge in [-0.2, -0.15) is 0 Å². The number of amides is 1. The Bertz CT molecular complexity index is 386. The molecule has 0 radical (unpaired) electrons. The maximum atomic E-state index is 12.2. The number of carbonyl (C=O) groups excluding carboxylic acids is 1. The summed E-state index contributed by atoms with van der Waals surface area (Å²) in [5.41, 5.74) is 8.17. The zero-order valence-electron chi connectivity index (χ0n) is 12.4. The molecule has 2 N–H and O–H groups in total. The lowest BCUT2D eigenvalue weighted by molar-refractivity contribution is -0.134. The van der Waals surface area contributed by atoms with Gasteiger partial charge in [-0.3, -0.25) is 4.79 Å². The molecule has 3 nitrogen and oxygen atoms in total. The Labute approximate surface area is 116 Å². The minimum absolute atomic E-state index is 0.0371. The Morgan fingerprint density at radius 3 is 2.26 bits per heavy atom. The second-order valence-corrected chi connectivity index (χ2v) is 5.09. The second kappa shape index (κ2) is 7.95. The molecule has 0 aliphatic rings. The molecule has 1 aromatic carbocycles. The van der Waals surface area contributed by atoms with Gasteiger partial charge in [0, 0.05) is 20.1 Å². The number of benzene rings is 1. The molecule has 0 saturated heterocycles. The number of nitrogens with zero attached hydrogens (tertiary/aromatic N) is 1. The number of nitrogens with two attached hydrogens (primary N) is 1. The van der Waals surface area contributed by atoms with Crippen molar-refractivity contribution < 1.29 is 4.79 Å². The predicted molar refractivity (Wildman–Crippen MR) is 79.7 cm³/mol. The van der Waals surface area contributed by atoms with Gasteiger partial charge in [0.25, 0.3) is 0 Å². The van der Waals surface area contributed by atoms with Crippen LogP contribution < -0.4 is 5.73 Å². The highest BCUT2D eigenvalue weighted by atomic mass is 16.2. The van der Waals surface area contributed by atoms with Crippen LogP contribution in [0.3, 0.4) is 0 Å². The van der Waals surface area contributed by atoms with E-state index in [1.54, 1.807) is 4.90 Å². The van der Waals surface area contributed by atoms with Gasteiger partial charge in [-0.1, -0.05) is 44.5 Å². The summed E-state index contributed by atoms with van der Waals surface area (Å²) in [7, 11) is 1.86. The molecule has 1 aromatic rings. The predicted octanol–water partition coefficient (Wildman–Crippen LogP) is 2.58. The summed E-state index contributed by atoms with van der Waals surface area (Å²) in [4.78, 5) is 14.0. The number of carbonyl (C=O) groups is 1. The summed E-state index contributed by atoms with van der Waals surface area (Å²) >= 11 is 0. The molecule has 0 bridgehead atoms. The van der Waals surface area contributed by atoms with Crippen molar-refractivity contribution in [2.45, 2.75) is 39.7 Å². The average molecular weight is 262 g/mol. The Balaban J connectivity index is 2.61. The SMILES string of the molecule is CCCC(CN)C(=O)N(C)Cc1ccc(CC)cc1. The van der Waals surface area contributed by atoms with Crippen LogP contribution in [0.15, 0.2) is 24.3 Å². The van der Waals surface area contributed by atoms with E-state index in [1.165, 1.54) is 11.1 Å². The lowest BCUT2D eigenvalue weighted by atomic mass is 10.0. The maximum absolute atomic E-state index is 12.2. The van der Waals surface area contributed by atoms with Gasteiger partial charge in [-0.15, -0.1) is 0 Å². The van der Waals surface area contributed by atoms with Gasteiger partial charge < -0.3 is 10.6 Å². The molecule has 3 heteroatoms. The fourth-order valence-electron chi connectivity index (χ4n) is 2.23. The molecular weight excluding hydrogens is 236 g/mol. The Hall–Kier alpha value is -1.35. The highest BCUT2D eigenvalue weighted by Gasteiger charge is 2.19. The third-order valence-corrected chi connectivity index (χ3v) is 3.50. The van der Waals surface area contributed by atoms with E-state index in [2.05, 4.69) is 38.1 Å². The van der Waals surface area contributed by atoms with Crippen LogP contribution in [0.1, 0.15) is 37.8 Å². The van der Waals surface area contributed by atoms with Crippen LogP contribution in [0.5, 0.6) is 0 Å². The standard InChI is InChI=1S/C16H26N2O/c1-4-6-15(11-17)16(19)18(3)12-14-9-7-13(5-2)8-10-14/h7-10,15H,4-6,11-12,17H2,1-3H3. The quantitative estimate of drug-likeness (QED) is 0.821. The van der Waals surface area contributed by atoms with E-state index in [1.807, 2.05) is 7.05 Å². The van der Waals surface area contributed by atoms with Crippen molar-refractivity contribution in [1.29, 1.82) is 0 Å². The van der Waals surface area contributed by atoms with Crippen molar-refractivity contribution in [3.8, 4) is 0 Å². The molecule has 1 amide bonds. The third kappa shape index (κ3) is 4.67. The molecule has 0 aliphatic carbocycles.